The standard InChI is InChI=1S/C3H7NO3/c1-6-3(5)7-2-4/h2,4H2,1H3. The van der Waals surface area contributed by atoms with Crippen molar-refractivity contribution in [3.63, 3.8) is 0 Å². The van der Waals surface area contributed by atoms with Gasteiger partial charge in [-0.05, 0) is 0 Å². The maximum Gasteiger partial charge on any atom is 0.509 e. The zero-order valence-electron chi connectivity index (χ0n) is 4.01. The topological polar surface area (TPSA) is 61.5 Å². The number of rotatable bonds is 1. The van der Waals surface area contributed by atoms with Crippen LogP contribution in [0.25, 0.3) is 0 Å². The van der Waals surface area contributed by atoms with Gasteiger partial charge in [0.15, 0.2) is 0 Å². The minimum Gasteiger partial charge on any atom is -0.438 e. The second kappa shape index (κ2) is 3.42. The average Bonchev–Trinajstić information content (AvgIpc) is 1.68. The molecule has 0 heterocycles. The Kier molecular flexibility index (Phi) is 3.04. The minimum absolute atomic E-state index is 0.132. The van der Waals surface area contributed by atoms with E-state index in [1.54, 1.807) is 0 Å². The molecule has 42 valence electrons. The summed E-state index contributed by atoms with van der Waals surface area (Å²) in [5.41, 5.74) is 4.78. The average molecular weight is 105 g/mol. The molecule has 0 aliphatic rings. The summed E-state index contributed by atoms with van der Waals surface area (Å²) in [5, 5.41) is 0. The zero-order chi connectivity index (χ0) is 5.70. The minimum atomic E-state index is -0.748. The fourth-order valence-corrected chi connectivity index (χ4v) is 0.127. The largest absolute Gasteiger partial charge is 0.509 e. The highest BCUT2D eigenvalue weighted by Crippen LogP contribution is 1.74. The molecule has 0 saturated heterocycles. The van der Waals surface area contributed by atoms with Crippen LogP contribution >= 0.6 is 0 Å². The first-order valence-corrected chi connectivity index (χ1v) is 1.72. The molecule has 0 aliphatic carbocycles. The molecule has 0 amide bonds. The van der Waals surface area contributed by atoms with E-state index in [0.29, 0.717) is 0 Å². The quantitative estimate of drug-likeness (QED) is 0.367. The monoisotopic (exact) mass is 105 g/mol. The summed E-state index contributed by atoms with van der Waals surface area (Å²) in [5.74, 6) is 0. The molecule has 0 unspecified atom stereocenters. The Morgan fingerprint density at radius 3 is 2.57 bits per heavy atom. The lowest BCUT2D eigenvalue weighted by atomic mass is 11.2. The lowest BCUT2D eigenvalue weighted by molar-refractivity contribution is 0.0749. The van der Waals surface area contributed by atoms with Crippen LogP contribution in [0.4, 0.5) is 4.79 Å². The highest BCUT2D eigenvalue weighted by Gasteiger charge is 1.93. The molecular weight excluding hydrogens is 98.0 g/mol. The van der Waals surface area contributed by atoms with Gasteiger partial charge in [0.25, 0.3) is 0 Å². The van der Waals surface area contributed by atoms with Gasteiger partial charge in [-0.1, -0.05) is 0 Å². The third kappa shape index (κ3) is 3.05. The molecule has 0 atom stereocenters. The van der Waals surface area contributed by atoms with Crippen LogP contribution in [-0.2, 0) is 9.47 Å². The Labute approximate surface area is 41.2 Å². The van der Waals surface area contributed by atoms with Crippen LogP contribution in [0.1, 0.15) is 0 Å². The molecule has 0 aromatic carbocycles. The van der Waals surface area contributed by atoms with Crippen molar-refractivity contribution in [2.75, 3.05) is 13.8 Å². The molecule has 0 saturated carbocycles. The third-order valence-corrected chi connectivity index (χ3v) is 0.368. The lowest BCUT2D eigenvalue weighted by Crippen LogP contribution is -2.11. The second-order valence-corrected chi connectivity index (χ2v) is 0.765. The molecule has 0 aromatic heterocycles. The fraction of sp³-hybridized carbons (Fsp3) is 0.667. The Morgan fingerprint density at radius 1 is 1.86 bits per heavy atom. The van der Waals surface area contributed by atoms with E-state index in [9.17, 15) is 4.79 Å². The number of hydrogen-bond donors (Lipinski definition) is 1. The van der Waals surface area contributed by atoms with Crippen molar-refractivity contribution in [1.29, 1.82) is 0 Å². The van der Waals surface area contributed by atoms with E-state index < -0.39 is 6.16 Å². The third-order valence-electron chi connectivity index (χ3n) is 0.368. The van der Waals surface area contributed by atoms with Gasteiger partial charge in [0.2, 0.25) is 0 Å². The Morgan fingerprint density at radius 2 is 2.43 bits per heavy atom. The molecule has 0 spiro atoms. The highest BCUT2D eigenvalue weighted by molar-refractivity contribution is 5.59. The molecule has 4 heteroatoms. The van der Waals surface area contributed by atoms with Gasteiger partial charge in [0.1, 0.15) is 6.73 Å². The molecule has 4 nitrogen and oxygen atoms in total. The summed E-state index contributed by atoms with van der Waals surface area (Å²) in [6.45, 7) is -0.132. The van der Waals surface area contributed by atoms with E-state index in [1.807, 2.05) is 0 Å². The number of methoxy groups -OCH3 is 1. The van der Waals surface area contributed by atoms with Gasteiger partial charge < -0.3 is 9.47 Å². The maximum absolute atomic E-state index is 9.89. The van der Waals surface area contributed by atoms with Crippen LogP contribution in [0, 0.1) is 0 Å². The normalized spacial score (nSPS) is 7.71. The van der Waals surface area contributed by atoms with E-state index >= 15 is 0 Å². The predicted octanol–water partition coefficient (Wildman–Crippen LogP) is -0.314. The van der Waals surface area contributed by atoms with Crippen molar-refractivity contribution < 1.29 is 14.3 Å². The first kappa shape index (κ1) is 6.23. The molecule has 2 N–H and O–H groups in total. The lowest BCUT2D eigenvalue weighted by Gasteiger charge is -1.94. The van der Waals surface area contributed by atoms with Crippen molar-refractivity contribution in [3.05, 3.63) is 0 Å². The molecule has 0 fully saturated rings. The number of carbonyl (C=O) groups excluding carboxylic acids is 1. The van der Waals surface area contributed by atoms with Crippen molar-refractivity contribution in [1.82, 2.24) is 0 Å². The molecule has 0 bridgehead atoms. The predicted molar refractivity (Wildman–Crippen MR) is 22.5 cm³/mol. The first-order chi connectivity index (χ1) is 3.31. The molecule has 7 heavy (non-hydrogen) atoms. The van der Waals surface area contributed by atoms with Gasteiger partial charge in [-0.3, -0.25) is 5.73 Å². The Balaban J connectivity index is 3.00. The second-order valence-electron chi connectivity index (χ2n) is 0.765. The van der Waals surface area contributed by atoms with Crippen LogP contribution in [0.3, 0.4) is 0 Å². The van der Waals surface area contributed by atoms with Gasteiger partial charge in [-0.2, -0.15) is 0 Å². The Bertz CT molecular complexity index is 63.2. The SMILES string of the molecule is COC(=O)OCN. The number of hydrogen-bond acceptors (Lipinski definition) is 4. The molecule has 0 aromatic rings. The van der Waals surface area contributed by atoms with Gasteiger partial charge in [-0.25, -0.2) is 4.79 Å². The van der Waals surface area contributed by atoms with Crippen molar-refractivity contribution in [2.24, 2.45) is 5.73 Å². The van der Waals surface area contributed by atoms with Crippen LogP contribution in [0.5, 0.6) is 0 Å². The van der Waals surface area contributed by atoms with Crippen molar-refractivity contribution in [2.45, 2.75) is 0 Å². The number of ether oxygens (including phenoxy) is 2. The van der Waals surface area contributed by atoms with E-state index in [2.05, 4.69) is 9.47 Å². The summed E-state index contributed by atoms with van der Waals surface area (Å²) in [6.07, 6.45) is -0.748. The smallest absolute Gasteiger partial charge is 0.438 e. The zero-order valence-corrected chi connectivity index (χ0v) is 4.01. The fourth-order valence-electron chi connectivity index (χ4n) is 0.127. The summed E-state index contributed by atoms with van der Waals surface area (Å²) in [4.78, 5) is 9.89. The summed E-state index contributed by atoms with van der Waals surface area (Å²) >= 11 is 0. The van der Waals surface area contributed by atoms with Crippen LogP contribution in [0.15, 0.2) is 0 Å². The molecule has 0 aliphatic heterocycles. The molecule has 0 radical (unpaired) electrons. The summed E-state index contributed by atoms with van der Waals surface area (Å²) in [7, 11) is 1.22. The van der Waals surface area contributed by atoms with Gasteiger partial charge in [0.05, 0.1) is 7.11 Å². The van der Waals surface area contributed by atoms with Crippen molar-refractivity contribution in [3.8, 4) is 0 Å². The van der Waals surface area contributed by atoms with Crippen LogP contribution in [0.2, 0.25) is 0 Å². The molecular formula is C3H7NO3. The van der Waals surface area contributed by atoms with E-state index in [0.717, 1.165) is 0 Å². The Hall–Kier alpha value is -0.770. The van der Waals surface area contributed by atoms with Gasteiger partial charge >= 0.3 is 6.16 Å². The van der Waals surface area contributed by atoms with Crippen LogP contribution < -0.4 is 5.73 Å². The van der Waals surface area contributed by atoms with E-state index in [1.165, 1.54) is 7.11 Å². The van der Waals surface area contributed by atoms with E-state index in [-0.39, 0.29) is 6.73 Å². The van der Waals surface area contributed by atoms with Gasteiger partial charge in [0, 0.05) is 0 Å². The van der Waals surface area contributed by atoms with Crippen LogP contribution in [-0.4, -0.2) is 20.0 Å². The highest BCUT2D eigenvalue weighted by atomic mass is 16.7. The van der Waals surface area contributed by atoms with Gasteiger partial charge in [-0.15, -0.1) is 0 Å². The molecule has 0 rings (SSSR count). The number of carbonyl (C=O) groups is 1. The first-order valence-electron chi connectivity index (χ1n) is 1.72. The van der Waals surface area contributed by atoms with Crippen molar-refractivity contribution >= 4 is 6.16 Å². The summed E-state index contributed by atoms with van der Waals surface area (Å²) < 4.78 is 8.16. The van der Waals surface area contributed by atoms with E-state index in [4.69, 9.17) is 5.73 Å². The summed E-state index contributed by atoms with van der Waals surface area (Å²) in [6, 6.07) is 0. The maximum atomic E-state index is 9.89. The number of nitrogens with two attached hydrogens (primary N) is 1.